The highest BCUT2D eigenvalue weighted by molar-refractivity contribution is 5.68. The van der Waals surface area contributed by atoms with E-state index in [0.29, 0.717) is 19.0 Å². The average Bonchev–Trinajstić information content (AvgIpc) is 2.65. The van der Waals surface area contributed by atoms with Gasteiger partial charge in [0.1, 0.15) is 11.4 Å². The maximum absolute atomic E-state index is 12.5. The van der Waals surface area contributed by atoms with E-state index in [9.17, 15) is 4.79 Å². The highest BCUT2D eigenvalue weighted by Crippen LogP contribution is 2.37. The Labute approximate surface area is 145 Å². The van der Waals surface area contributed by atoms with Crippen LogP contribution < -0.4 is 4.74 Å². The van der Waals surface area contributed by atoms with E-state index in [0.717, 1.165) is 31.6 Å². The molecule has 1 unspecified atom stereocenters. The van der Waals surface area contributed by atoms with Crippen LogP contribution in [0.25, 0.3) is 0 Å². The molecule has 1 amide bonds. The van der Waals surface area contributed by atoms with Crippen LogP contribution >= 0.6 is 0 Å². The lowest BCUT2D eigenvalue weighted by Gasteiger charge is -2.28. The number of ether oxygens (including phenoxy) is 2. The van der Waals surface area contributed by atoms with Gasteiger partial charge in [-0.25, -0.2) is 4.79 Å². The van der Waals surface area contributed by atoms with Crippen LogP contribution in [-0.4, -0.2) is 36.3 Å². The predicted molar refractivity (Wildman–Crippen MR) is 94.9 cm³/mol. The van der Waals surface area contributed by atoms with E-state index in [1.54, 1.807) is 0 Å². The maximum Gasteiger partial charge on any atom is 0.410 e. The summed E-state index contributed by atoms with van der Waals surface area (Å²) in [5.74, 6) is 1.36. The van der Waals surface area contributed by atoms with Crippen LogP contribution in [-0.2, 0) is 17.6 Å². The summed E-state index contributed by atoms with van der Waals surface area (Å²) in [7, 11) is 0. The lowest BCUT2D eigenvalue weighted by Crippen LogP contribution is -2.38. The van der Waals surface area contributed by atoms with Crippen LogP contribution in [0.5, 0.6) is 5.75 Å². The number of carbonyl (C=O) groups is 1. The molecule has 2 aliphatic rings. The summed E-state index contributed by atoms with van der Waals surface area (Å²) in [5, 5.41) is 0. The quantitative estimate of drug-likeness (QED) is 0.714. The second-order valence-corrected chi connectivity index (χ2v) is 8.08. The summed E-state index contributed by atoms with van der Waals surface area (Å²) in [6.07, 6.45) is 2.83. The molecule has 132 valence electrons. The number of carbonyl (C=O) groups excluding carboxylic acids is 1. The maximum atomic E-state index is 12.5. The summed E-state index contributed by atoms with van der Waals surface area (Å²) in [6, 6.07) is 2.21. The van der Waals surface area contributed by atoms with Gasteiger partial charge in [0.25, 0.3) is 0 Å². The SMILES string of the molecule is Cc1c2c(cc3c1C(C)CN(C(=O)OC(C)(C)C)CC3)OCCC2. The van der Waals surface area contributed by atoms with Crippen molar-refractivity contribution in [1.82, 2.24) is 4.90 Å². The van der Waals surface area contributed by atoms with Crippen molar-refractivity contribution in [1.29, 1.82) is 0 Å². The molecule has 2 heterocycles. The molecule has 0 fully saturated rings. The number of fused-ring (bicyclic) bond motifs is 2. The molecule has 0 saturated heterocycles. The van der Waals surface area contributed by atoms with E-state index < -0.39 is 5.60 Å². The van der Waals surface area contributed by atoms with Crippen LogP contribution in [0.3, 0.4) is 0 Å². The van der Waals surface area contributed by atoms with Gasteiger partial charge in [0.15, 0.2) is 0 Å². The second kappa shape index (κ2) is 6.30. The van der Waals surface area contributed by atoms with Gasteiger partial charge in [-0.2, -0.15) is 0 Å². The number of benzene rings is 1. The third kappa shape index (κ3) is 3.38. The van der Waals surface area contributed by atoms with E-state index in [1.807, 2.05) is 25.7 Å². The van der Waals surface area contributed by atoms with Gasteiger partial charge in [-0.1, -0.05) is 6.92 Å². The minimum absolute atomic E-state index is 0.208. The Morgan fingerprint density at radius 2 is 2.08 bits per heavy atom. The minimum Gasteiger partial charge on any atom is -0.493 e. The summed E-state index contributed by atoms with van der Waals surface area (Å²) in [6.45, 7) is 12.4. The zero-order valence-corrected chi connectivity index (χ0v) is 15.6. The van der Waals surface area contributed by atoms with Gasteiger partial charge in [-0.15, -0.1) is 0 Å². The number of rotatable bonds is 0. The zero-order chi connectivity index (χ0) is 17.5. The first-order chi connectivity index (χ1) is 11.3. The van der Waals surface area contributed by atoms with Crippen LogP contribution in [0.2, 0.25) is 0 Å². The van der Waals surface area contributed by atoms with Crippen LogP contribution in [0.15, 0.2) is 6.07 Å². The Morgan fingerprint density at radius 3 is 2.79 bits per heavy atom. The Bertz CT molecular complexity index is 645. The smallest absolute Gasteiger partial charge is 0.410 e. The molecule has 3 rings (SSSR count). The highest BCUT2D eigenvalue weighted by Gasteiger charge is 2.30. The molecule has 1 aromatic rings. The van der Waals surface area contributed by atoms with Gasteiger partial charge in [-0.3, -0.25) is 0 Å². The van der Waals surface area contributed by atoms with Crippen molar-refractivity contribution in [2.24, 2.45) is 0 Å². The van der Waals surface area contributed by atoms with E-state index in [1.165, 1.54) is 22.3 Å². The average molecular weight is 331 g/mol. The number of hydrogen-bond acceptors (Lipinski definition) is 3. The van der Waals surface area contributed by atoms with Gasteiger partial charge < -0.3 is 14.4 Å². The van der Waals surface area contributed by atoms with Crippen molar-refractivity contribution in [3.8, 4) is 5.75 Å². The lowest BCUT2D eigenvalue weighted by molar-refractivity contribution is 0.0248. The molecule has 4 heteroatoms. The molecule has 1 aromatic carbocycles. The Kier molecular flexibility index (Phi) is 4.50. The molecular weight excluding hydrogens is 302 g/mol. The molecule has 0 aliphatic carbocycles. The molecule has 1 atom stereocenters. The zero-order valence-electron chi connectivity index (χ0n) is 15.6. The topological polar surface area (TPSA) is 38.8 Å². The van der Waals surface area contributed by atoms with Crippen molar-refractivity contribution < 1.29 is 14.3 Å². The number of amides is 1. The summed E-state index contributed by atoms with van der Waals surface area (Å²) in [5.41, 5.74) is 5.00. The molecule has 0 aromatic heterocycles. The fourth-order valence-electron chi connectivity index (χ4n) is 3.94. The first kappa shape index (κ1) is 17.1. The molecular formula is C20H29NO3. The van der Waals surface area contributed by atoms with Gasteiger partial charge in [0, 0.05) is 13.1 Å². The van der Waals surface area contributed by atoms with Crippen molar-refractivity contribution >= 4 is 6.09 Å². The van der Waals surface area contributed by atoms with E-state index in [2.05, 4.69) is 19.9 Å². The Morgan fingerprint density at radius 1 is 1.33 bits per heavy atom. The first-order valence-electron chi connectivity index (χ1n) is 9.02. The third-order valence-corrected chi connectivity index (χ3v) is 4.92. The fourth-order valence-corrected chi connectivity index (χ4v) is 3.94. The van der Waals surface area contributed by atoms with E-state index >= 15 is 0 Å². The molecule has 0 spiro atoms. The molecule has 24 heavy (non-hydrogen) atoms. The van der Waals surface area contributed by atoms with Gasteiger partial charge >= 0.3 is 6.09 Å². The molecule has 2 aliphatic heterocycles. The second-order valence-electron chi connectivity index (χ2n) is 8.08. The van der Waals surface area contributed by atoms with Gasteiger partial charge in [0.2, 0.25) is 0 Å². The summed E-state index contributed by atoms with van der Waals surface area (Å²) >= 11 is 0. The van der Waals surface area contributed by atoms with Crippen LogP contribution in [0.1, 0.15) is 62.3 Å². The van der Waals surface area contributed by atoms with Crippen molar-refractivity contribution in [3.05, 3.63) is 28.3 Å². The standard InChI is InChI=1S/C20H29NO3/c1-13-12-21(19(22)24-20(3,4)5)9-8-15-11-17-16(7-6-10-23-17)14(2)18(13)15/h11,13H,6-10,12H2,1-5H3. The predicted octanol–water partition coefficient (Wildman–Crippen LogP) is 4.22. The van der Waals surface area contributed by atoms with Crippen molar-refractivity contribution in [2.75, 3.05) is 19.7 Å². The summed E-state index contributed by atoms with van der Waals surface area (Å²) < 4.78 is 11.5. The Balaban J connectivity index is 1.88. The van der Waals surface area contributed by atoms with Gasteiger partial charge in [-0.05, 0) is 81.2 Å². The molecule has 0 bridgehead atoms. The third-order valence-electron chi connectivity index (χ3n) is 4.92. The minimum atomic E-state index is -0.456. The van der Waals surface area contributed by atoms with E-state index in [-0.39, 0.29) is 6.09 Å². The van der Waals surface area contributed by atoms with Crippen LogP contribution in [0.4, 0.5) is 4.79 Å². The molecule has 0 N–H and O–H groups in total. The summed E-state index contributed by atoms with van der Waals surface area (Å²) in [4.78, 5) is 14.3. The Hall–Kier alpha value is -1.71. The monoisotopic (exact) mass is 331 g/mol. The van der Waals surface area contributed by atoms with Crippen LogP contribution in [0, 0.1) is 6.92 Å². The largest absolute Gasteiger partial charge is 0.493 e. The fraction of sp³-hybridized carbons (Fsp3) is 0.650. The normalized spacial score (nSPS) is 20.5. The lowest BCUT2D eigenvalue weighted by atomic mass is 9.86. The van der Waals surface area contributed by atoms with Gasteiger partial charge in [0.05, 0.1) is 6.61 Å². The van der Waals surface area contributed by atoms with Crippen molar-refractivity contribution in [2.45, 2.75) is 65.4 Å². The van der Waals surface area contributed by atoms with E-state index in [4.69, 9.17) is 9.47 Å². The van der Waals surface area contributed by atoms with Crippen molar-refractivity contribution in [3.63, 3.8) is 0 Å². The molecule has 0 saturated carbocycles. The molecule has 0 radical (unpaired) electrons. The highest BCUT2D eigenvalue weighted by atomic mass is 16.6. The first-order valence-corrected chi connectivity index (χ1v) is 9.02. The molecule has 4 nitrogen and oxygen atoms in total. The number of hydrogen-bond donors (Lipinski definition) is 0. The number of nitrogens with zero attached hydrogens (tertiary/aromatic N) is 1.